The van der Waals surface area contributed by atoms with Crippen LogP contribution in [-0.4, -0.2) is 102 Å². The van der Waals surface area contributed by atoms with Crippen LogP contribution in [0.15, 0.2) is 36.7 Å². The van der Waals surface area contributed by atoms with E-state index in [0.29, 0.717) is 82.0 Å². The number of hydrogen-bond acceptors (Lipinski definition) is 9. The summed E-state index contributed by atoms with van der Waals surface area (Å²) in [6, 6.07) is 6.66. The molecule has 2 amide bonds. The van der Waals surface area contributed by atoms with E-state index in [2.05, 4.69) is 24.9 Å². The lowest BCUT2D eigenvalue weighted by Gasteiger charge is -2.38. The van der Waals surface area contributed by atoms with Crippen molar-refractivity contribution in [2.24, 2.45) is 13.0 Å². The molecule has 2 saturated heterocycles. The van der Waals surface area contributed by atoms with Crippen molar-refractivity contribution in [3.8, 4) is 11.1 Å². The van der Waals surface area contributed by atoms with Crippen molar-refractivity contribution in [3.05, 3.63) is 64.7 Å². The molecule has 2 fully saturated rings. The number of nitrogens with zero attached hydrogens (tertiary/aromatic N) is 10. The van der Waals surface area contributed by atoms with Gasteiger partial charge in [0.2, 0.25) is 11.8 Å². The Morgan fingerprint density at radius 2 is 1.70 bits per heavy atom. The summed E-state index contributed by atoms with van der Waals surface area (Å²) in [6.07, 6.45) is 5.75. The van der Waals surface area contributed by atoms with E-state index >= 15 is 0 Å². The fraction of sp³-hybridized carbons (Fsp3) is 0.500. The number of aromatic nitrogens is 6. The number of fused-ring (bicyclic) bond motifs is 2. The lowest BCUT2D eigenvalue weighted by Crippen LogP contribution is -2.46. The summed E-state index contributed by atoms with van der Waals surface area (Å²) in [5, 5.41) is 26.4. The van der Waals surface area contributed by atoms with Crippen LogP contribution in [0.3, 0.4) is 0 Å². The largest absolute Gasteiger partial charge is 0.476 e. The number of likely N-dealkylation sites (tertiary alicyclic amines) is 1. The van der Waals surface area contributed by atoms with E-state index in [1.54, 1.807) is 43.2 Å². The molecule has 0 atom stereocenters. The average molecular weight is 743 g/mol. The van der Waals surface area contributed by atoms with Gasteiger partial charge in [-0.1, -0.05) is 0 Å². The number of benzene rings is 1. The Kier molecular flexibility index (Phi) is 9.52. The minimum Gasteiger partial charge on any atom is -0.476 e. The first-order chi connectivity index (χ1) is 26.0. The van der Waals surface area contributed by atoms with Crippen molar-refractivity contribution in [2.75, 3.05) is 49.1 Å². The van der Waals surface area contributed by atoms with Crippen LogP contribution in [0, 0.1) is 5.92 Å². The summed E-state index contributed by atoms with van der Waals surface area (Å²) in [6.45, 7) is 5.67. The maximum Gasteiger partial charge on any atom is 0.356 e. The number of carbonyl (C=O) groups excluding carboxylic acids is 2. The van der Waals surface area contributed by atoms with Gasteiger partial charge in [0, 0.05) is 99.8 Å². The lowest BCUT2D eigenvalue weighted by molar-refractivity contribution is -0.137. The van der Waals surface area contributed by atoms with E-state index in [-0.39, 0.29) is 35.0 Å². The molecule has 0 unspecified atom stereocenters. The predicted octanol–water partition coefficient (Wildman–Crippen LogP) is 4.78. The lowest BCUT2D eigenvalue weighted by atomic mass is 9.92. The van der Waals surface area contributed by atoms with Crippen LogP contribution in [0.5, 0.6) is 0 Å². The number of alkyl halides is 2. The Morgan fingerprint density at radius 1 is 0.926 bits per heavy atom. The molecule has 0 saturated carbocycles. The van der Waals surface area contributed by atoms with E-state index in [4.69, 9.17) is 10.2 Å². The molecule has 4 aliphatic heterocycles. The molecule has 284 valence electrons. The molecular weight excluding hydrogens is 698 g/mol. The quantitative estimate of drug-likeness (QED) is 0.281. The number of carbonyl (C=O) groups is 3. The highest BCUT2D eigenvalue weighted by atomic mass is 19.3. The van der Waals surface area contributed by atoms with Gasteiger partial charge >= 0.3 is 5.97 Å². The number of aromatic carboxylic acids is 1. The van der Waals surface area contributed by atoms with Gasteiger partial charge in [0.25, 0.3) is 6.43 Å². The van der Waals surface area contributed by atoms with Gasteiger partial charge in [-0.25, -0.2) is 13.6 Å². The monoisotopic (exact) mass is 742 g/mol. The topological polar surface area (TPSA) is 146 Å². The highest BCUT2D eigenvalue weighted by Crippen LogP contribution is 2.44. The molecule has 16 heteroatoms. The first kappa shape index (κ1) is 35.6. The second kappa shape index (κ2) is 14.4. The van der Waals surface area contributed by atoms with Crippen molar-refractivity contribution < 1.29 is 28.3 Å². The molecule has 0 bridgehead atoms. The van der Waals surface area contributed by atoms with Crippen LogP contribution >= 0.6 is 0 Å². The van der Waals surface area contributed by atoms with E-state index in [9.17, 15) is 23.2 Å². The van der Waals surface area contributed by atoms with Gasteiger partial charge in [-0.2, -0.15) is 10.2 Å². The second-order valence-corrected chi connectivity index (χ2v) is 14.8. The third-order valence-corrected chi connectivity index (χ3v) is 11.5. The van der Waals surface area contributed by atoms with Crippen molar-refractivity contribution in [3.63, 3.8) is 0 Å². The van der Waals surface area contributed by atoms with E-state index in [0.717, 1.165) is 54.0 Å². The van der Waals surface area contributed by atoms with Gasteiger partial charge in [-0.3, -0.25) is 19.0 Å². The molecule has 1 N–H and O–H groups in total. The number of piperidine rings is 2. The van der Waals surface area contributed by atoms with Crippen LogP contribution in [0.2, 0.25) is 0 Å². The first-order valence-electron chi connectivity index (χ1n) is 18.7. The molecule has 54 heavy (non-hydrogen) atoms. The smallest absolute Gasteiger partial charge is 0.356 e. The molecule has 0 radical (unpaired) electrons. The standard InChI is InChI=1S/C38H44F2N10O4/c1-23(51)48-17-11-32-30(22-48)36(49-12-3-4-25-18-28(26-20-41-45(2)21-26)29(35(39)40)19-33(25)49)44-50(32)27-9-15-47(16-10-27)37(52)24-7-13-46(14-8-24)34-6-5-31(38(53)54)42-43-34/h5-6,18-21,24,27,35H,3-4,7-17,22H2,1-2H3,(H,53,54). The molecule has 0 aliphatic carbocycles. The molecule has 3 aromatic heterocycles. The fourth-order valence-electron chi connectivity index (χ4n) is 8.63. The van der Waals surface area contributed by atoms with Crippen molar-refractivity contribution in [1.29, 1.82) is 0 Å². The molecular formula is C38H44F2N10O4. The number of carboxylic acid groups (broad SMARTS) is 1. The van der Waals surface area contributed by atoms with Gasteiger partial charge < -0.3 is 24.7 Å². The van der Waals surface area contributed by atoms with Crippen LogP contribution in [0.4, 0.5) is 26.1 Å². The van der Waals surface area contributed by atoms with Gasteiger partial charge in [0.1, 0.15) is 0 Å². The summed E-state index contributed by atoms with van der Waals surface area (Å²) in [7, 11) is 1.77. The average Bonchev–Trinajstić information content (AvgIpc) is 3.80. The molecule has 1 aromatic carbocycles. The molecule has 4 aliphatic rings. The van der Waals surface area contributed by atoms with E-state index < -0.39 is 12.4 Å². The molecule has 7 heterocycles. The SMILES string of the molecule is CC(=O)N1CCc2c(c(N3CCCc4cc(-c5cnn(C)c5)c(C(F)F)cc43)nn2C2CCN(C(=O)C3CCN(c4ccc(C(=O)O)nn4)CC3)CC2)C1. The first-order valence-corrected chi connectivity index (χ1v) is 18.7. The molecule has 8 rings (SSSR count). The Hall–Kier alpha value is -5.41. The fourth-order valence-corrected chi connectivity index (χ4v) is 8.63. The van der Waals surface area contributed by atoms with Crippen LogP contribution in [-0.2, 0) is 36.0 Å². The molecule has 4 aromatic rings. The summed E-state index contributed by atoms with van der Waals surface area (Å²) in [5.41, 5.74) is 4.75. The third-order valence-electron chi connectivity index (χ3n) is 11.5. The Morgan fingerprint density at radius 3 is 2.35 bits per heavy atom. The Balaban J connectivity index is 1.00. The normalized spacial score (nSPS) is 18.2. The van der Waals surface area contributed by atoms with Gasteiger partial charge in [0.15, 0.2) is 17.3 Å². The van der Waals surface area contributed by atoms with E-state index in [1.807, 2.05) is 20.8 Å². The zero-order valence-corrected chi connectivity index (χ0v) is 30.5. The zero-order valence-electron chi connectivity index (χ0n) is 30.5. The van der Waals surface area contributed by atoms with E-state index in [1.165, 1.54) is 6.07 Å². The minimum absolute atomic E-state index is 0.0128. The Labute approximate surface area is 311 Å². The van der Waals surface area contributed by atoms with Crippen molar-refractivity contribution in [1.82, 2.24) is 39.6 Å². The van der Waals surface area contributed by atoms with Crippen LogP contribution in [0.25, 0.3) is 11.1 Å². The maximum absolute atomic E-state index is 14.6. The number of hydrogen-bond donors (Lipinski definition) is 1. The molecule has 0 spiro atoms. The number of carboxylic acids is 1. The third kappa shape index (κ3) is 6.66. The van der Waals surface area contributed by atoms with Crippen LogP contribution < -0.4 is 9.80 Å². The zero-order chi connectivity index (χ0) is 37.7. The number of anilines is 3. The second-order valence-electron chi connectivity index (χ2n) is 14.8. The summed E-state index contributed by atoms with van der Waals surface area (Å²) in [4.78, 5) is 45.3. The summed E-state index contributed by atoms with van der Waals surface area (Å²) >= 11 is 0. The van der Waals surface area contributed by atoms with Crippen molar-refractivity contribution in [2.45, 2.75) is 70.9 Å². The number of rotatable bonds is 7. The summed E-state index contributed by atoms with van der Waals surface area (Å²) < 4.78 is 33.0. The number of amides is 2. The highest BCUT2D eigenvalue weighted by Gasteiger charge is 2.36. The van der Waals surface area contributed by atoms with Gasteiger partial charge in [0.05, 0.1) is 18.8 Å². The van der Waals surface area contributed by atoms with Crippen molar-refractivity contribution >= 4 is 35.1 Å². The van der Waals surface area contributed by atoms with Gasteiger partial charge in [-0.15, -0.1) is 10.2 Å². The highest BCUT2D eigenvalue weighted by molar-refractivity contribution is 5.85. The Bertz CT molecular complexity index is 2070. The van der Waals surface area contributed by atoms with Crippen LogP contribution in [0.1, 0.15) is 84.4 Å². The van der Waals surface area contributed by atoms with Gasteiger partial charge in [-0.05, 0) is 73.9 Å². The maximum atomic E-state index is 14.6. The summed E-state index contributed by atoms with van der Waals surface area (Å²) in [5.74, 6) is 0.258. The molecule has 14 nitrogen and oxygen atoms in total. The minimum atomic E-state index is -2.68. The number of aryl methyl sites for hydroxylation is 2. The number of halogens is 2. The predicted molar refractivity (Wildman–Crippen MR) is 195 cm³/mol.